The van der Waals surface area contributed by atoms with Crippen LogP contribution in [0.4, 0.5) is 0 Å². The standard InChI is InChI=1S/C10H19N3O/c1-3-11-10(2,9-14)5-8-13-7-4-6-12-13/h4,6-7,11,14H,3,5,8-9H2,1-2H3. The highest BCUT2D eigenvalue weighted by atomic mass is 16.3. The van der Waals surface area contributed by atoms with E-state index >= 15 is 0 Å². The molecule has 0 aliphatic carbocycles. The van der Waals surface area contributed by atoms with Gasteiger partial charge in [-0.2, -0.15) is 5.10 Å². The first-order valence-electron chi connectivity index (χ1n) is 5.03. The highest BCUT2D eigenvalue weighted by molar-refractivity contribution is 4.83. The number of aliphatic hydroxyl groups excluding tert-OH is 1. The number of nitrogens with zero attached hydrogens (tertiary/aromatic N) is 2. The van der Waals surface area contributed by atoms with Crippen molar-refractivity contribution in [3.8, 4) is 0 Å². The van der Waals surface area contributed by atoms with Gasteiger partial charge in [-0.15, -0.1) is 0 Å². The Kier molecular flexibility index (Phi) is 4.10. The first-order chi connectivity index (χ1) is 6.70. The number of hydrogen-bond acceptors (Lipinski definition) is 3. The normalized spacial score (nSPS) is 15.4. The third-order valence-electron chi connectivity index (χ3n) is 2.40. The molecule has 4 heteroatoms. The van der Waals surface area contributed by atoms with Crippen LogP contribution in [0.15, 0.2) is 18.5 Å². The summed E-state index contributed by atoms with van der Waals surface area (Å²) in [6, 6.07) is 1.91. The molecule has 0 aliphatic rings. The van der Waals surface area contributed by atoms with Crippen molar-refractivity contribution in [2.75, 3.05) is 13.2 Å². The molecule has 0 amide bonds. The van der Waals surface area contributed by atoms with Crippen molar-refractivity contribution in [3.63, 3.8) is 0 Å². The predicted octanol–water partition coefficient (Wildman–Crippen LogP) is 0.634. The number of aryl methyl sites for hydroxylation is 1. The first-order valence-corrected chi connectivity index (χ1v) is 5.03. The van der Waals surface area contributed by atoms with Crippen LogP contribution < -0.4 is 5.32 Å². The molecule has 0 aliphatic heterocycles. The van der Waals surface area contributed by atoms with E-state index in [1.54, 1.807) is 6.20 Å². The van der Waals surface area contributed by atoms with Crippen molar-refractivity contribution in [2.45, 2.75) is 32.4 Å². The van der Waals surface area contributed by atoms with Gasteiger partial charge in [0.25, 0.3) is 0 Å². The molecule has 2 N–H and O–H groups in total. The predicted molar refractivity (Wildman–Crippen MR) is 56.0 cm³/mol. The maximum absolute atomic E-state index is 9.25. The molecule has 0 radical (unpaired) electrons. The summed E-state index contributed by atoms with van der Waals surface area (Å²) in [4.78, 5) is 0. The summed E-state index contributed by atoms with van der Waals surface area (Å²) in [5.74, 6) is 0. The molecule has 1 atom stereocenters. The van der Waals surface area contributed by atoms with Crippen molar-refractivity contribution >= 4 is 0 Å². The quantitative estimate of drug-likeness (QED) is 0.703. The molecule has 1 aromatic rings. The smallest absolute Gasteiger partial charge is 0.0611 e. The molecule has 1 heterocycles. The maximum Gasteiger partial charge on any atom is 0.0611 e. The molecule has 0 saturated heterocycles. The molecular formula is C10H19N3O. The fourth-order valence-corrected chi connectivity index (χ4v) is 1.44. The monoisotopic (exact) mass is 197 g/mol. The van der Waals surface area contributed by atoms with Gasteiger partial charge < -0.3 is 10.4 Å². The number of rotatable bonds is 6. The molecule has 4 nitrogen and oxygen atoms in total. The lowest BCUT2D eigenvalue weighted by atomic mass is 9.99. The zero-order chi connectivity index (χ0) is 10.4. The number of aromatic nitrogens is 2. The second-order valence-electron chi connectivity index (χ2n) is 3.77. The van der Waals surface area contributed by atoms with Crippen LogP contribution in [0.1, 0.15) is 20.3 Å². The molecule has 0 bridgehead atoms. The summed E-state index contributed by atoms with van der Waals surface area (Å²) in [6.45, 7) is 5.93. The van der Waals surface area contributed by atoms with Crippen LogP contribution in [0, 0.1) is 0 Å². The van der Waals surface area contributed by atoms with Gasteiger partial charge in [0.1, 0.15) is 0 Å². The summed E-state index contributed by atoms with van der Waals surface area (Å²) >= 11 is 0. The third kappa shape index (κ3) is 3.12. The number of nitrogens with one attached hydrogen (secondary N) is 1. The van der Waals surface area contributed by atoms with Crippen LogP contribution in [0.2, 0.25) is 0 Å². The molecule has 0 aromatic carbocycles. The van der Waals surface area contributed by atoms with E-state index in [0.29, 0.717) is 0 Å². The van der Waals surface area contributed by atoms with Gasteiger partial charge in [0, 0.05) is 24.5 Å². The molecule has 1 aromatic heterocycles. The van der Waals surface area contributed by atoms with Gasteiger partial charge >= 0.3 is 0 Å². The zero-order valence-electron chi connectivity index (χ0n) is 8.90. The van der Waals surface area contributed by atoms with Crippen LogP contribution >= 0.6 is 0 Å². The van der Waals surface area contributed by atoms with Gasteiger partial charge in [0.15, 0.2) is 0 Å². The SMILES string of the molecule is CCNC(C)(CO)CCn1cccn1. The van der Waals surface area contributed by atoms with E-state index < -0.39 is 0 Å². The largest absolute Gasteiger partial charge is 0.394 e. The summed E-state index contributed by atoms with van der Waals surface area (Å²) in [5, 5.41) is 16.7. The minimum atomic E-state index is -0.194. The second-order valence-corrected chi connectivity index (χ2v) is 3.77. The summed E-state index contributed by atoms with van der Waals surface area (Å²) in [5.41, 5.74) is -0.194. The van der Waals surface area contributed by atoms with E-state index in [1.807, 2.05) is 30.8 Å². The Labute approximate surface area is 84.9 Å². The Morgan fingerprint density at radius 1 is 1.57 bits per heavy atom. The molecule has 1 rings (SSSR count). The molecule has 0 saturated carbocycles. The number of hydrogen-bond donors (Lipinski definition) is 2. The highest BCUT2D eigenvalue weighted by Crippen LogP contribution is 2.09. The minimum Gasteiger partial charge on any atom is -0.394 e. The van der Waals surface area contributed by atoms with Gasteiger partial charge in [-0.3, -0.25) is 4.68 Å². The molecular weight excluding hydrogens is 178 g/mol. The lowest BCUT2D eigenvalue weighted by molar-refractivity contribution is 0.161. The Hall–Kier alpha value is -0.870. The Bertz CT molecular complexity index is 248. The zero-order valence-corrected chi connectivity index (χ0v) is 8.90. The topological polar surface area (TPSA) is 50.1 Å². The van der Waals surface area contributed by atoms with Crippen molar-refractivity contribution in [1.29, 1.82) is 0 Å². The van der Waals surface area contributed by atoms with Crippen LogP contribution in [0.5, 0.6) is 0 Å². The van der Waals surface area contributed by atoms with Crippen molar-refractivity contribution < 1.29 is 5.11 Å². The molecule has 80 valence electrons. The number of likely N-dealkylation sites (N-methyl/N-ethyl adjacent to an activating group) is 1. The van der Waals surface area contributed by atoms with Crippen molar-refractivity contribution in [2.24, 2.45) is 0 Å². The van der Waals surface area contributed by atoms with Gasteiger partial charge in [-0.1, -0.05) is 6.92 Å². The lowest BCUT2D eigenvalue weighted by Gasteiger charge is -2.28. The van der Waals surface area contributed by atoms with Crippen molar-refractivity contribution in [1.82, 2.24) is 15.1 Å². The fraction of sp³-hybridized carbons (Fsp3) is 0.700. The maximum atomic E-state index is 9.25. The van der Waals surface area contributed by atoms with Gasteiger partial charge in [0.05, 0.1) is 6.61 Å². The van der Waals surface area contributed by atoms with Crippen LogP contribution in [-0.4, -0.2) is 33.6 Å². The van der Waals surface area contributed by atoms with Crippen LogP contribution in [0.3, 0.4) is 0 Å². The van der Waals surface area contributed by atoms with Gasteiger partial charge in [-0.05, 0) is 26.0 Å². The van der Waals surface area contributed by atoms with Crippen LogP contribution in [0.25, 0.3) is 0 Å². The summed E-state index contributed by atoms with van der Waals surface area (Å²) in [7, 11) is 0. The summed E-state index contributed by atoms with van der Waals surface area (Å²) < 4.78 is 1.88. The number of aliphatic hydroxyl groups is 1. The molecule has 0 fully saturated rings. The molecule has 0 spiro atoms. The minimum absolute atomic E-state index is 0.155. The van der Waals surface area contributed by atoms with E-state index in [1.165, 1.54) is 0 Å². The highest BCUT2D eigenvalue weighted by Gasteiger charge is 2.21. The van der Waals surface area contributed by atoms with Crippen molar-refractivity contribution in [3.05, 3.63) is 18.5 Å². The van der Waals surface area contributed by atoms with E-state index in [9.17, 15) is 5.11 Å². The Morgan fingerprint density at radius 3 is 2.86 bits per heavy atom. The average Bonchev–Trinajstić information content (AvgIpc) is 2.68. The van der Waals surface area contributed by atoms with E-state index in [-0.39, 0.29) is 12.1 Å². The summed E-state index contributed by atoms with van der Waals surface area (Å²) in [6.07, 6.45) is 4.58. The first kappa shape index (κ1) is 11.2. The van der Waals surface area contributed by atoms with E-state index in [0.717, 1.165) is 19.5 Å². The van der Waals surface area contributed by atoms with E-state index in [4.69, 9.17) is 0 Å². The van der Waals surface area contributed by atoms with Gasteiger partial charge in [-0.25, -0.2) is 0 Å². The van der Waals surface area contributed by atoms with Gasteiger partial charge in [0.2, 0.25) is 0 Å². The lowest BCUT2D eigenvalue weighted by Crippen LogP contribution is -2.46. The third-order valence-corrected chi connectivity index (χ3v) is 2.40. The average molecular weight is 197 g/mol. The Balaban J connectivity index is 2.41. The molecule has 14 heavy (non-hydrogen) atoms. The fourth-order valence-electron chi connectivity index (χ4n) is 1.44. The van der Waals surface area contributed by atoms with E-state index in [2.05, 4.69) is 10.4 Å². The second kappa shape index (κ2) is 5.12. The van der Waals surface area contributed by atoms with Crippen LogP contribution in [-0.2, 0) is 6.54 Å². The Morgan fingerprint density at radius 2 is 2.36 bits per heavy atom. The molecule has 1 unspecified atom stereocenters.